The molecular weight excluding hydrogens is 459 g/mol. The fourth-order valence-corrected chi connectivity index (χ4v) is 3.90. The molecule has 0 radical (unpaired) electrons. The highest BCUT2D eigenvalue weighted by Gasteiger charge is 2.21. The Labute approximate surface area is 209 Å². The quantitative estimate of drug-likeness (QED) is 0.384. The summed E-state index contributed by atoms with van der Waals surface area (Å²) < 4.78 is 21.3. The summed E-state index contributed by atoms with van der Waals surface area (Å²) in [6.07, 6.45) is 0. The van der Waals surface area contributed by atoms with Crippen molar-refractivity contribution in [1.82, 2.24) is 14.7 Å². The molecule has 1 heterocycles. The van der Waals surface area contributed by atoms with Gasteiger partial charge in [0.15, 0.2) is 6.61 Å². The van der Waals surface area contributed by atoms with Crippen LogP contribution in [-0.2, 0) is 11.3 Å². The maximum atomic E-state index is 13.8. The van der Waals surface area contributed by atoms with Crippen LogP contribution in [0.25, 0.3) is 5.69 Å². The Hall–Kier alpha value is -4.46. The molecule has 0 atom stereocenters. The summed E-state index contributed by atoms with van der Waals surface area (Å²) in [4.78, 5) is 27.2. The SMILES string of the molecule is Cc1nn(-c2ccccc2)c(C)c1CN(C)C(=O)c1ccccc1OCC(=O)Nc1ccccc1F. The highest BCUT2D eigenvalue weighted by Crippen LogP contribution is 2.23. The molecule has 2 amide bonds. The number of carbonyl (C=O) groups excluding carboxylic acids is 2. The lowest BCUT2D eigenvalue weighted by Gasteiger charge is -2.19. The molecule has 4 aromatic rings. The van der Waals surface area contributed by atoms with Crippen LogP contribution in [0.1, 0.15) is 27.3 Å². The number of carbonyl (C=O) groups is 2. The zero-order valence-corrected chi connectivity index (χ0v) is 20.4. The minimum atomic E-state index is -0.538. The second-order valence-electron chi connectivity index (χ2n) is 8.37. The minimum absolute atomic E-state index is 0.0667. The molecule has 0 aliphatic carbocycles. The van der Waals surface area contributed by atoms with E-state index in [0.717, 1.165) is 22.6 Å². The number of nitrogens with zero attached hydrogens (tertiary/aromatic N) is 3. The van der Waals surface area contributed by atoms with Gasteiger partial charge in [-0.3, -0.25) is 9.59 Å². The lowest BCUT2D eigenvalue weighted by atomic mass is 10.1. The topological polar surface area (TPSA) is 76.5 Å². The Morgan fingerprint density at radius 2 is 1.64 bits per heavy atom. The average Bonchev–Trinajstić information content (AvgIpc) is 3.17. The van der Waals surface area contributed by atoms with Gasteiger partial charge in [0.1, 0.15) is 11.6 Å². The van der Waals surface area contributed by atoms with Gasteiger partial charge in [0.25, 0.3) is 11.8 Å². The maximum Gasteiger partial charge on any atom is 0.262 e. The summed E-state index contributed by atoms with van der Waals surface area (Å²) in [5.74, 6) is -1.06. The summed E-state index contributed by atoms with van der Waals surface area (Å²) >= 11 is 0. The summed E-state index contributed by atoms with van der Waals surface area (Å²) in [5.41, 5.74) is 4.09. The Morgan fingerprint density at radius 1 is 0.972 bits per heavy atom. The molecule has 4 rings (SSSR count). The predicted octanol–water partition coefficient (Wildman–Crippen LogP) is 4.92. The first-order chi connectivity index (χ1) is 17.3. The van der Waals surface area contributed by atoms with Crippen molar-refractivity contribution in [2.75, 3.05) is 19.0 Å². The Balaban J connectivity index is 1.46. The number of para-hydroxylation sites is 3. The first-order valence-electron chi connectivity index (χ1n) is 11.5. The largest absolute Gasteiger partial charge is 0.483 e. The predicted molar refractivity (Wildman–Crippen MR) is 136 cm³/mol. The molecule has 0 aliphatic rings. The van der Waals surface area contributed by atoms with E-state index in [9.17, 15) is 14.0 Å². The number of ether oxygens (including phenoxy) is 1. The van der Waals surface area contributed by atoms with Crippen LogP contribution in [0.2, 0.25) is 0 Å². The molecule has 1 aromatic heterocycles. The third-order valence-electron chi connectivity index (χ3n) is 5.81. The molecule has 0 saturated heterocycles. The maximum absolute atomic E-state index is 13.8. The second-order valence-corrected chi connectivity index (χ2v) is 8.37. The molecule has 0 unspecified atom stereocenters. The number of nitrogens with one attached hydrogen (secondary N) is 1. The number of hydrogen-bond donors (Lipinski definition) is 1. The van der Waals surface area contributed by atoms with Crippen molar-refractivity contribution in [1.29, 1.82) is 0 Å². The molecule has 0 saturated carbocycles. The second kappa shape index (κ2) is 10.9. The molecular formula is C28H27FN4O3. The number of benzene rings is 3. The standard InChI is InChI=1S/C28H27FN4O3/c1-19-23(20(2)33(31-19)21-11-5-4-6-12-21)17-32(3)28(35)22-13-7-10-16-26(22)36-18-27(34)30-25-15-9-8-14-24(25)29/h4-16H,17-18H2,1-3H3,(H,30,34). The number of hydrogen-bond acceptors (Lipinski definition) is 4. The van der Waals surface area contributed by atoms with Crippen molar-refractivity contribution < 1.29 is 18.7 Å². The highest BCUT2D eigenvalue weighted by molar-refractivity contribution is 5.97. The van der Waals surface area contributed by atoms with Crippen molar-refractivity contribution in [2.45, 2.75) is 20.4 Å². The summed E-state index contributed by atoms with van der Waals surface area (Å²) in [6.45, 7) is 3.88. The van der Waals surface area contributed by atoms with Crippen molar-refractivity contribution in [3.05, 3.63) is 107 Å². The van der Waals surface area contributed by atoms with Gasteiger partial charge in [0, 0.05) is 24.8 Å². The van der Waals surface area contributed by atoms with Crippen LogP contribution >= 0.6 is 0 Å². The fourth-order valence-electron chi connectivity index (χ4n) is 3.90. The van der Waals surface area contributed by atoms with Crippen LogP contribution in [0.4, 0.5) is 10.1 Å². The van der Waals surface area contributed by atoms with Crippen LogP contribution in [0.15, 0.2) is 78.9 Å². The van der Waals surface area contributed by atoms with Gasteiger partial charge < -0.3 is 15.0 Å². The van der Waals surface area contributed by atoms with E-state index in [1.165, 1.54) is 18.2 Å². The van der Waals surface area contributed by atoms with Gasteiger partial charge in [-0.25, -0.2) is 9.07 Å². The first-order valence-corrected chi connectivity index (χ1v) is 11.5. The van der Waals surface area contributed by atoms with Crippen LogP contribution in [0.5, 0.6) is 5.75 Å². The number of anilines is 1. The van der Waals surface area contributed by atoms with E-state index in [2.05, 4.69) is 10.4 Å². The van der Waals surface area contributed by atoms with E-state index in [1.807, 2.05) is 48.9 Å². The average molecular weight is 487 g/mol. The minimum Gasteiger partial charge on any atom is -0.483 e. The highest BCUT2D eigenvalue weighted by atomic mass is 19.1. The Morgan fingerprint density at radius 3 is 2.39 bits per heavy atom. The van der Waals surface area contributed by atoms with E-state index in [4.69, 9.17) is 4.74 Å². The monoisotopic (exact) mass is 486 g/mol. The molecule has 1 N–H and O–H groups in total. The lowest BCUT2D eigenvalue weighted by molar-refractivity contribution is -0.118. The van der Waals surface area contributed by atoms with E-state index in [0.29, 0.717) is 12.1 Å². The fraction of sp³-hybridized carbons (Fsp3) is 0.179. The van der Waals surface area contributed by atoms with Gasteiger partial charge in [-0.1, -0.05) is 42.5 Å². The summed E-state index contributed by atoms with van der Waals surface area (Å²) in [7, 11) is 1.71. The molecule has 8 heteroatoms. The van der Waals surface area contributed by atoms with Crippen molar-refractivity contribution in [3.63, 3.8) is 0 Å². The van der Waals surface area contributed by atoms with Gasteiger partial charge in [-0.2, -0.15) is 5.10 Å². The molecule has 3 aromatic carbocycles. The van der Waals surface area contributed by atoms with Gasteiger partial charge in [0.05, 0.1) is 22.6 Å². The normalized spacial score (nSPS) is 10.7. The smallest absolute Gasteiger partial charge is 0.262 e. The lowest BCUT2D eigenvalue weighted by Crippen LogP contribution is -2.28. The number of halogens is 1. The zero-order valence-electron chi connectivity index (χ0n) is 20.4. The van der Waals surface area contributed by atoms with Gasteiger partial charge in [-0.05, 0) is 50.2 Å². The number of rotatable bonds is 8. The molecule has 0 spiro atoms. The zero-order chi connectivity index (χ0) is 25.7. The van der Waals surface area contributed by atoms with E-state index in [-0.39, 0.29) is 24.0 Å². The Bertz CT molecular complexity index is 1380. The molecule has 7 nitrogen and oxygen atoms in total. The van der Waals surface area contributed by atoms with Gasteiger partial charge in [-0.15, -0.1) is 0 Å². The van der Waals surface area contributed by atoms with Crippen LogP contribution in [0, 0.1) is 19.7 Å². The van der Waals surface area contributed by atoms with E-state index in [1.54, 1.807) is 42.3 Å². The molecule has 0 fully saturated rings. The third kappa shape index (κ3) is 5.43. The van der Waals surface area contributed by atoms with Crippen LogP contribution in [-0.4, -0.2) is 40.1 Å². The number of amides is 2. The van der Waals surface area contributed by atoms with Crippen LogP contribution < -0.4 is 10.1 Å². The van der Waals surface area contributed by atoms with Crippen molar-refractivity contribution >= 4 is 17.5 Å². The van der Waals surface area contributed by atoms with E-state index >= 15 is 0 Å². The number of aryl methyl sites for hydroxylation is 1. The van der Waals surface area contributed by atoms with Gasteiger partial charge >= 0.3 is 0 Å². The van der Waals surface area contributed by atoms with Gasteiger partial charge in [0.2, 0.25) is 0 Å². The number of aromatic nitrogens is 2. The summed E-state index contributed by atoms with van der Waals surface area (Å²) in [5, 5.41) is 7.12. The van der Waals surface area contributed by atoms with Crippen molar-refractivity contribution in [3.8, 4) is 11.4 Å². The van der Waals surface area contributed by atoms with Crippen LogP contribution in [0.3, 0.4) is 0 Å². The molecule has 0 bridgehead atoms. The third-order valence-corrected chi connectivity index (χ3v) is 5.81. The molecule has 0 aliphatic heterocycles. The molecule has 184 valence electrons. The molecule has 36 heavy (non-hydrogen) atoms. The van der Waals surface area contributed by atoms with Crippen molar-refractivity contribution in [2.24, 2.45) is 0 Å². The van der Waals surface area contributed by atoms with E-state index < -0.39 is 11.7 Å². The first kappa shape index (κ1) is 24.7. The Kier molecular flexibility index (Phi) is 7.44. The summed E-state index contributed by atoms with van der Waals surface area (Å²) in [6, 6.07) is 22.4.